The molecule has 2 rings (SSSR count). The predicted octanol–water partition coefficient (Wildman–Crippen LogP) is 2.32. The summed E-state index contributed by atoms with van der Waals surface area (Å²) in [7, 11) is 1.23. The average molecular weight is 349 g/mol. The van der Waals surface area contributed by atoms with Gasteiger partial charge in [0.1, 0.15) is 0 Å². The highest BCUT2D eigenvalue weighted by molar-refractivity contribution is 8.14. The number of nitro groups is 1. The molecule has 1 aromatic carbocycles. The summed E-state index contributed by atoms with van der Waals surface area (Å²) in [6.07, 6.45) is 0. The van der Waals surface area contributed by atoms with Crippen molar-refractivity contribution in [2.75, 3.05) is 7.11 Å². The summed E-state index contributed by atoms with van der Waals surface area (Å²) in [6, 6.07) is 6.13. The van der Waals surface area contributed by atoms with Crippen LogP contribution < -0.4 is 5.32 Å². The Morgan fingerprint density at radius 3 is 2.62 bits per heavy atom. The molecule has 24 heavy (non-hydrogen) atoms. The number of amidine groups is 1. The fourth-order valence-corrected chi connectivity index (χ4v) is 3.59. The van der Waals surface area contributed by atoms with E-state index in [0.717, 1.165) is 11.8 Å². The van der Waals surface area contributed by atoms with Gasteiger partial charge in [0.05, 0.1) is 28.6 Å². The quantitative estimate of drug-likeness (QED) is 0.509. The van der Waals surface area contributed by atoms with Crippen LogP contribution in [0, 0.1) is 10.1 Å². The Kier molecular flexibility index (Phi) is 5.35. The molecule has 0 aromatic heterocycles. The summed E-state index contributed by atoms with van der Waals surface area (Å²) in [6.45, 7) is 2.92. The van der Waals surface area contributed by atoms with Crippen molar-refractivity contribution in [2.24, 2.45) is 4.99 Å². The number of rotatable bonds is 3. The van der Waals surface area contributed by atoms with Gasteiger partial charge in [-0.3, -0.25) is 14.9 Å². The van der Waals surface area contributed by atoms with Gasteiger partial charge in [0, 0.05) is 18.6 Å². The van der Waals surface area contributed by atoms with Crippen molar-refractivity contribution < 1.29 is 19.2 Å². The third-order valence-electron chi connectivity index (χ3n) is 3.25. The molecule has 1 atom stereocenters. The minimum atomic E-state index is -0.710. The highest BCUT2D eigenvalue weighted by Gasteiger charge is 2.35. The number of allylic oxidation sites excluding steroid dienone is 1. The highest BCUT2D eigenvalue weighted by Crippen LogP contribution is 2.44. The number of methoxy groups -OCH3 is 1. The molecular weight excluding hydrogens is 334 g/mol. The molecule has 1 N–H and O–H groups in total. The molecule has 0 spiro atoms. The number of benzene rings is 1. The fraction of sp³-hybridized carbons (Fsp3) is 0.267. The van der Waals surface area contributed by atoms with E-state index in [-0.39, 0.29) is 22.3 Å². The van der Waals surface area contributed by atoms with Crippen LogP contribution in [0.5, 0.6) is 0 Å². The molecule has 1 amide bonds. The van der Waals surface area contributed by atoms with E-state index >= 15 is 0 Å². The van der Waals surface area contributed by atoms with E-state index in [0.29, 0.717) is 11.3 Å². The van der Waals surface area contributed by atoms with Crippen LogP contribution >= 0.6 is 11.8 Å². The topological polar surface area (TPSA) is 111 Å². The Morgan fingerprint density at radius 2 is 2.04 bits per heavy atom. The first-order valence-electron chi connectivity index (χ1n) is 6.90. The van der Waals surface area contributed by atoms with Crippen molar-refractivity contribution in [3.63, 3.8) is 0 Å². The minimum absolute atomic E-state index is 0.117. The number of para-hydroxylation sites is 1. The Bertz CT molecular complexity index is 772. The second-order valence-corrected chi connectivity index (χ2v) is 6.00. The maximum Gasteiger partial charge on any atom is 0.337 e. The number of esters is 1. The molecule has 0 saturated carbocycles. The molecule has 0 fully saturated rings. The van der Waals surface area contributed by atoms with Crippen molar-refractivity contribution in [1.29, 1.82) is 0 Å². The third kappa shape index (κ3) is 3.62. The molecule has 9 heteroatoms. The maximum absolute atomic E-state index is 12.2. The monoisotopic (exact) mass is 349 g/mol. The van der Waals surface area contributed by atoms with Crippen molar-refractivity contribution in [2.45, 2.75) is 19.1 Å². The number of carbonyl (C=O) groups is 2. The van der Waals surface area contributed by atoms with Gasteiger partial charge in [0.15, 0.2) is 5.17 Å². The molecule has 1 aliphatic rings. The molecule has 0 bridgehead atoms. The van der Waals surface area contributed by atoms with Gasteiger partial charge in [-0.25, -0.2) is 9.79 Å². The number of aliphatic imine (C=N–C) groups is 1. The second-order valence-electron chi connectivity index (χ2n) is 4.90. The summed E-state index contributed by atoms with van der Waals surface area (Å²) in [5.74, 6) is -0.939. The van der Waals surface area contributed by atoms with Crippen molar-refractivity contribution in [1.82, 2.24) is 5.32 Å². The lowest BCUT2D eigenvalue weighted by Gasteiger charge is -2.24. The number of ether oxygens (including phenoxy) is 1. The molecule has 8 nitrogen and oxygen atoms in total. The SMILES string of the molecule is COC(=O)C1=C(C)N=C(NC(C)=O)SC1c1ccccc1[N+](=O)[O-]. The van der Waals surface area contributed by atoms with Gasteiger partial charge in [0.25, 0.3) is 5.69 Å². The standard InChI is InChI=1S/C15H15N3O5S/c1-8-12(14(20)23-3)13(24-15(16-8)17-9(2)19)10-6-4-5-7-11(10)18(21)22/h4-7,13H,1-3H3,(H,16,17,19). The van der Waals surface area contributed by atoms with Crippen molar-refractivity contribution in [3.8, 4) is 0 Å². The van der Waals surface area contributed by atoms with Crippen LogP contribution in [0.15, 0.2) is 40.5 Å². The Labute approximate surface area is 142 Å². The summed E-state index contributed by atoms with van der Waals surface area (Å²) in [5, 5.41) is 13.4. The summed E-state index contributed by atoms with van der Waals surface area (Å²) in [5.41, 5.74) is 0.775. The molecular formula is C15H15N3O5S. The van der Waals surface area contributed by atoms with Crippen LogP contribution in [-0.2, 0) is 14.3 Å². The number of amides is 1. The van der Waals surface area contributed by atoms with Gasteiger partial charge < -0.3 is 10.1 Å². The van der Waals surface area contributed by atoms with Crippen LogP contribution in [-0.4, -0.2) is 29.1 Å². The largest absolute Gasteiger partial charge is 0.466 e. The zero-order chi connectivity index (χ0) is 17.9. The maximum atomic E-state index is 12.2. The minimum Gasteiger partial charge on any atom is -0.466 e. The van der Waals surface area contributed by atoms with E-state index in [9.17, 15) is 19.7 Å². The van der Waals surface area contributed by atoms with E-state index in [1.54, 1.807) is 25.1 Å². The molecule has 1 aliphatic heterocycles. The number of hydrogen-bond acceptors (Lipinski definition) is 7. The average Bonchev–Trinajstić information content (AvgIpc) is 2.53. The highest BCUT2D eigenvalue weighted by atomic mass is 32.2. The lowest BCUT2D eigenvalue weighted by molar-refractivity contribution is -0.385. The van der Waals surface area contributed by atoms with Gasteiger partial charge in [-0.05, 0) is 6.92 Å². The molecule has 1 unspecified atom stereocenters. The van der Waals surface area contributed by atoms with Gasteiger partial charge in [-0.15, -0.1) is 0 Å². The van der Waals surface area contributed by atoms with Crippen LogP contribution in [0.25, 0.3) is 0 Å². The molecule has 0 aliphatic carbocycles. The van der Waals surface area contributed by atoms with E-state index in [1.165, 1.54) is 20.1 Å². The van der Waals surface area contributed by atoms with E-state index < -0.39 is 16.1 Å². The molecule has 0 radical (unpaired) electrons. The number of hydrogen-bond donors (Lipinski definition) is 1. The zero-order valence-electron chi connectivity index (χ0n) is 13.2. The van der Waals surface area contributed by atoms with E-state index in [1.807, 2.05) is 0 Å². The first-order valence-corrected chi connectivity index (χ1v) is 7.78. The molecule has 126 valence electrons. The third-order valence-corrected chi connectivity index (χ3v) is 4.40. The van der Waals surface area contributed by atoms with Gasteiger partial charge >= 0.3 is 5.97 Å². The van der Waals surface area contributed by atoms with Gasteiger partial charge in [-0.2, -0.15) is 0 Å². The normalized spacial score (nSPS) is 17.1. The number of nitro benzene ring substituents is 1. The second kappa shape index (κ2) is 7.26. The number of carbonyl (C=O) groups excluding carboxylic acids is 2. The number of nitrogens with one attached hydrogen (secondary N) is 1. The Hall–Kier alpha value is -2.68. The van der Waals surface area contributed by atoms with Crippen LogP contribution in [0.4, 0.5) is 5.69 Å². The van der Waals surface area contributed by atoms with E-state index in [2.05, 4.69) is 10.3 Å². The first kappa shape index (κ1) is 17.7. The lowest BCUT2D eigenvalue weighted by atomic mass is 10.0. The summed E-state index contributed by atoms with van der Waals surface area (Å²) in [4.78, 5) is 38.4. The fourth-order valence-electron chi connectivity index (χ4n) is 2.27. The van der Waals surface area contributed by atoms with Crippen LogP contribution in [0.2, 0.25) is 0 Å². The van der Waals surface area contributed by atoms with Crippen molar-refractivity contribution in [3.05, 3.63) is 51.2 Å². The predicted molar refractivity (Wildman–Crippen MR) is 89.4 cm³/mol. The summed E-state index contributed by atoms with van der Waals surface area (Å²) < 4.78 is 4.79. The van der Waals surface area contributed by atoms with E-state index in [4.69, 9.17) is 4.74 Å². The Balaban J connectivity index is 2.58. The van der Waals surface area contributed by atoms with Gasteiger partial charge in [0.2, 0.25) is 5.91 Å². The number of nitrogens with zero attached hydrogens (tertiary/aromatic N) is 2. The summed E-state index contributed by atoms with van der Waals surface area (Å²) >= 11 is 1.05. The van der Waals surface area contributed by atoms with Crippen LogP contribution in [0.1, 0.15) is 24.7 Å². The molecule has 1 aromatic rings. The molecule has 0 saturated heterocycles. The zero-order valence-corrected chi connectivity index (χ0v) is 14.0. The van der Waals surface area contributed by atoms with Crippen molar-refractivity contribution >= 4 is 34.5 Å². The van der Waals surface area contributed by atoms with Crippen LogP contribution in [0.3, 0.4) is 0 Å². The molecule has 1 heterocycles. The smallest absolute Gasteiger partial charge is 0.337 e. The first-order chi connectivity index (χ1) is 11.3. The van der Waals surface area contributed by atoms with Gasteiger partial charge in [-0.1, -0.05) is 30.0 Å². The lowest BCUT2D eigenvalue weighted by Crippen LogP contribution is -2.30. The number of thioether (sulfide) groups is 1. The Morgan fingerprint density at radius 1 is 1.38 bits per heavy atom.